The molecule has 0 aromatic carbocycles. The van der Waals surface area contributed by atoms with Gasteiger partial charge in [-0.2, -0.15) is 0 Å². The molecule has 0 spiro atoms. The Kier molecular flexibility index (Phi) is 5.39. The summed E-state index contributed by atoms with van der Waals surface area (Å²) in [7, 11) is 4.54. The van der Waals surface area contributed by atoms with Crippen molar-refractivity contribution in [2.45, 2.75) is 6.54 Å². The van der Waals surface area contributed by atoms with Crippen molar-refractivity contribution in [3.63, 3.8) is 0 Å². The van der Waals surface area contributed by atoms with Crippen molar-refractivity contribution in [1.29, 1.82) is 0 Å². The normalized spacial score (nSPS) is 11.7. The second-order valence-corrected chi connectivity index (χ2v) is 5.97. The minimum atomic E-state index is -0.489. The molecule has 0 aliphatic rings. The monoisotopic (exact) mass is 350 g/mol. The number of hydrogen-bond acceptors (Lipinski definition) is 6. The van der Waals surface area contributed by atoms with Crippen LogP contribution < -0.4 is 16.6 Å². The van der Waals surface area contributed by atoms with Crippen molar-refractivity contribution in [2.24, 2.45) is 19.1 Å². The second kappa shape index (κ2) is 7.30. The van der Waals surface area contributed by atoms with Gasteiger partial charge in [0.25, 0.3) is 5.56 Å². The zero-order chi connectivity index (χ0) is 17.9. The summed E-state index contributed by atoms with van der Waals surface area (Å²) in [5.74, 6) is -0.295. The van der Waals surface area contributed by atoms with Crippen LogP contribution in [0.15, 0.2) is 32.9 Å². The van der Waals surface area contributed by atoms with Crippen molar-refractivity contribution < 1.29 is 4.79 Å². The predicted molar refractivity (Wildman–Crippen MR) is 94.4 cm³/mol. The lowest BCUT2D eigenvalue weighted by Gasteiger charge is -2.08. The molecule has 2 heterocycles. The molecule has 2 aromatic rings. The number of aryl methyl sites for hydroxylation is 1. The van der Waals surface area contributed by atoms with E-state index in [4.69, 9.17) is 0 Å². The Morgan fingerprint density at radius 3 is 2.75 bits per heavy atom. The van der Waals surface area contributed by atoms with E-state index >= 15 is 0 Å². The molecule has 128 valence electrons. The summed E-state index contributed by atoms with van der Waals surface area (Å²) in [4.78, 5) is 44.4. The summed E-state index contributed by atoms with van der Waals surface area (Å²) in [6.07, 6.45) is 1.37. The van der Waals surface area contributed by atoms with Gasteiger partial charge >= 0.3 is 5.69 Å². The molecule has 0 unspecified atom stereocenters. The number of nitrogens with zero attached hydrogens (tertiary/aromatic N) is 5. The molecule has 9 nitrogen and oxygen atoms in total. The fourth-order valence-corrected chi connectivity index (χ4v) is 2.62. The van der Waals surface area contributed by atoms with Crippen molar-refractivity contribution in [3.8, 4) is 0 Å². The summed E-state index contributed by atoms with van der Waals surface area (Å²) in [6, 6.07) is 0. The number of fused-ring (bicyclic) bond motifs is 1. The van der Waals surface area contributed by atoms with E-state index in [9.17, 15) is 14.4 Å². The Labute approximate surface area is 141 Å². The van der Waals surface area contributed by atoms with Gasteiger partial charge < -0.3 is 9.88 Å². The van der Waals surface area contributed by atoms with Crippen LogP contribution in [-0.2, 0) is 25.4 Å². The maximum atomic E-state index is 12.3. The Morgan fingerprint density at radius 1 is 1.42 bits per heavy atom. The molecule has 1 N–H and O–H groups in total. The van der Waals surface area contributed by atoms with Crippen molar-refractivity contribution in [1.82, 2.24) is 24.0 Å². The third-order valence-electron chi connectivity index (χ3n) is 3.44. The van der Waals surface area contributed by atoms with E-state index < -0.39 is 11.2 Å². The molecule has 2 rings (SSSR count). The topological polar surface area (TPSA) is 103 Å². The molecule has 24 heavy (non-hydrogen) atoms. The van der Waals surface area contributed by atoms with Crippen LogP contribution in [0.3, 0.4) is 0 Å². The number of imidazole rings is 1. The Bertz CT molecular complexity index is 936. The van der Waals surface area contributed by atoms with Crippen LogP contribution in [0.2, 0.25) is 0 Å². The number of carbonyl (C=O) groups is 1. The van der Waals surface area contributed by atoms with Crippen LogP contribution in [0, 0.1) is 0 Å². The van der Waals surface area contributed by atoms with Gasteiger partial charge in [0.05, 0.1) is 17.9 Å². The van der Waals surface area contributed by atoms with E-state index in [0.29, 0.717) is 5.04 Å². The largest absolute Gasteiger partial charge is 0.348 e. The Balaban J connectivity index is 2.25. The predicted octanol–water partition coefficient (Wildman–Crippen LogP) is -0.545. The molecule has 0 fully saturated rings. The second-order valence-electron chi connectivity index (χ2n) is 4.93. The Morgan fingerprint density at radius 2 is 2.12 bits per heavy atom. The summed E-state index contributed by atoms with van der Waals surface area (Å²) < 4.78 is 3.69. The number of rotatable bonds is 5. The van der Waals surface area contributed by atoms with Gasteiger partial charge in [-0.25, -0.2) is 9.78 Å². The highest BCUT2D eigenvalue weighted by Gasteiger charge is 2.15. The van der Waals surface area contributed by atoms with Gasteiger partial charge in [0.2, 0.25) is 5.91 Å². The minimum Gasteiger partial charge on any atom is -0.348 e. The maximum Gasteiger partial charge on any atom is 0.332 e. The lowest BCUT2D eigenvalue weighted by atomic mass is 10.4. The average molecular weight is 350 g/mol. The van der Waals surface area contributed by atoms with Gasteiger partial charge in [-0.15, -0.1) is 0 Å². The molecule has 10 heteroatoms. The lowest BCUT2D eigenvalue weighted by molar-refractivity contribution is -0.121. The summed E-state index contributed by atoms with van der Waals surface area (Å²) in [6.45, 7) is 3.79. The first-order valence-corrected chi connectivity index (χ1v) is 7.89. The summed E-state index contributed by atoms with van der Waals surface area (Å²) >= 11 is 1.33. The van der Waals surface area contributed by atoms with Gasteiger partial charge in [-0.1, -0.05) is 18.3 Å². The SMILES string of the molecule is C=CSC(CNC(=O)Cn1cnc2c1c(=O)n(C)c(=O)n2C)=NC. The molecular formula is C14H18N6O3S. The molecule has 0 saturated carbocycles. The van der Waals surface area contributed by atoms with Gasteiger partial charge in [0, 0.05) is 21.1 Å². The molecule has 0 saturated heterocycles. The summed E-state index contributed by atoms with van der Waals surface area (Å²) in [5, 5.41) is 5.06. The Hall–Kier alpha value is -2.62. The van der Waals surface area contributed by atoms with E-state index in [2.05, 4.69) is 21.9 Å². The number of amides is 1. The first-order chi connectivity index (χ1) is 11.4. The first-order valence-electron chi connectivity index (χ1n) is 7.01. The van der Waals surface area contributed by atoms with Crippen LogP contribution in [0.25, 0.3) is 11.2 Å². The fraction of sp³-hybridized carbons (Fsp3) is 0.357. The van der Waals surface area contributed by atoms with Crippen LogP contribution in [0.5, 0.6) is 0 Å². The van der Waals surface area contributed by atoms with Crippen LogP contribution in [-0.4, -0.2) is 43.2 Å². The van der Waals surface area contributed by atoms with Crippen LogP contribution >= 0.6 is 11.8 Å². The number of aromatic nitrogens is 4. The van der Waals surface area contributed by atoms with Crippen LogP contribution in [0.4, 0.5) is 0 Å². The third kappa shape index (κ3) is 3.32. The third-order valence-corrected chi connectivity index (χ3v) is 4.20. The van der Waals surface area contributed by atoms with Crippen molar-refractivity contribution in [3.05, 3.63) is 39.2 Å². The van der Waals surface area contributed by atoms with Gasteiger partial charge in [-0.05, 0) is 5.41 Å². The maximum absolute atomic E-state index is 12.3. The number of aliphatic imine (C=N–C) groups is 1. The highest BCUT2D eigenvalue weighted by Crippen LogP contribution is 2.06. The number of thioether (sulfide) groups is 1. The fourth-order valence-electron chi connectivity index (χ4n) is 2.17. The highest BCUT2D eigenvalue weighted by molar-refractivity contribution is 8.16. The average Bonchev–Trinajstić information content (AvgIpc) is 2.98. The number of carbonyl (C=O) groups excluding carboxylic acids is 1. The highest BCUT2D eigenvalue weighted by atomic mass is 32.2. The van der Waals surface area contributed by atoms with E-state index in [1.54, 1.807) is 12.5 Å². The molecule has 0 aliphatic heterocycles. The van der Waals surface area contributed by atoms with Crippen LogP contribution in [0.1, 0.15) is 0 Å². The molecular weight excluding hydrogens is 332 g/mol. The van der Waals surface area contributed by atoms with Gasteiger partial charge in [0.15, 0.2) is 11.2 Å². The van der Waals surface area contributed by atoms with E-state index in [1.807, 2.05) is 0 Å². The molecule has 0 aliphatic carbocycles. The lowest BCUT2D eigenvalue weighted by Crippen LogP contribution is -2.38. The van der Waals surface area contributed by atoms with Gasteiger partial charge in [-0.3, -0.25) is 23.7 Å². The summed E-state index contributed by atoms with van der Waals surface area (Å²) in [5.41, 5.74) is -0.502. The van der Waals surface area contributed by atoms with E-state index in [0.717, 1.165) is 4.57 Å². The van der Waals surface area contributed by atoms with Crippen molar-refractivity contribution >= 4 is 33.9 Å². The number of hydrogen-bond donors (Lipinski definition) is 1. The first kappa shape index (κ1) is 17.7. The molecule has 2 aromatic heterocycles. The molecule has 1 amide bonds. The standard InChI is InChI=1S/C14H18N6O3S/c1-5-24-10(15-2)6-16-9(21)7-20-8-17-12-11(20)13(22)19(4)14(23)18(12)3/h5,8H,1,6-7H2,2-4H3,(H,16,21). The van der Waals surface area contributed by atoms with Crippen molar-refractivity contribution in [2.75, 3.05) is 13.6 Å². The molecule has 0 atom stereocenters. The van der Waals surface area contributed by atoms with E-state index in [1.165, 1.54) is 41.3 Å². The smallest absolute Gasteiger partial charge is 0.332 e. The quantitative estimate of drug-likeness (QED) is 0.576. The minimum absolute atomic E-state index is 0.0836. The molecule has 0 radical (unpaired) electrons. The number of nitrogens with one attached hydrogen (secondary N) is 1. The van der Waals surface area contributed by atoms with E-state index in [-0.39, 0.29) is 30.2 Å². The zero-order valence-corrected chi connectivity index (χ0v) is 14.5. The van der Waals surface area contributed by atoms with Gasteiger partial charge in [0.1, 0.15) is 6.54 Å². The zero-order valence-electron chi connectivity index (χ0n) is 13.6. The molecule has 0 bridgehead atoms.